The van der Waals surface area contributed by atoms with E-state index in [1.807, 2.05) is 0 Å². The van der Waals surface area contributed by atoms with Crippen LogP contribution in [0.3, 0.4) is 0 Å². The molecule has 3 aromatic rings. The van der Waals surface area contributed by atoms with Crippen molar-refractivity contribution in [3.63, 3.8) is 0 Å². The maximum Gasteiger partial charge on any atom is 0.450 e. The van der Waals surface area contributed by atoms with Gasteiger partial charge < -0.3 is 5.32 Å². The summed E-state index contributed by atoms with van der Waals surface area (Å²) in [4.78, 5) is 46.3. The van der Waals surface area contributed by atoms with E-state index in [0.717, 1.165) is 4.57 Å². The highest BCUT2D eigenvalue weighted by atomic mass is 19.4. The van der Waals surface area contributed by atoms with E-state index in [1.54, 1.807) is 0 Å². The first-order valence-electron chi connectivity index (χ1n) is 11.0. The van der Waals surface area contributed by atoms with Gasteiger partial charge in [0.05, 0.1) is 6.54 Å². The number of urea groups is 1. The first-order chi connectivity index (χ1) is 16.9. The monoisotopic (exact) mass is 507 g/mol. The fourth-order valence-electron chi connectivity index (χ4n) is 4.58. The molecule has 0 atom stereocenters. The summed E-state index contributed by atoms with van der Waals surface area (Å²) in [6.45, 7) is -0.633. The summed E-state index contributed by atoms with van der Waals surface area (Å²) in [5.74, 6) is -5.48. The van der Waals surface area contributed by atoms with Crippen molar-refractivity contribution >= 4 is 28.9 Å². The van der Waals surface area contributed by atoms with Gasteiger partial charge >= 0.3 is 12.2 Å². The lowest BCUT2D eigenvalue weighted by Crippen LogP contribution is -2.51. The number of pyridine rings is 1. The van der Waals surface area contributed by atoms with Crippen molar-refractivity contribution in [3.05, 3.63) is 54.0 Å². The van der Waals surface area contributed by atoms with Gasteiger partial charge in [-0.3, -0.25) is 19.1 Å². The molecule has 2 aromatic heterocycles. The summed E-state index contributed by atoms with van der Waals surface area (Å²) in [7, 11) is 0. The second-order valence-electron chi connectivity index (χ2n) is 8.84. The molecule has 1 saturated carbocycles. The predicted molar refractivity (Wildman–Crippen MR) is 115 cm³/mol. The fourth-order valence-corrected chi connectivity index (χ4v) is 4.58. The number of imidazole rings is 1. The lowest BCUT2D eigenvalue weighted by Gasteiger charge is -2.34. The molecule has 3 heterocycles. The highest BCUT2D eigenvalue weighted by Crippen LogP contribution is 2.41. The highest BCUT2D eigenvalue weighted by Gasteiger charge is 2.55. The van der Waals surface area contributed by atoms with Crippen molar-refractivity contribution in [1.82, 2.24) is 24.8 Å². The Morgan fingerprint density at radius 1 is 1.03 bits per heavy atom. The van der Waals surface area contributed by atoms with Crippen LogP contribution < -0.4 is 5.32 Å². The molecule has 2 aliphatic rings. The molecule has 8 nitrogen and oxygen atoms in total. The fraction of sp³-hybridized carbons (Fsp3) is 0.348. The number of nitrogens with zero attached hydrogens (tertiary/aromatic N) is 4. The van der Waals surface area contributed by atoms with E-state index in [1.165, 1.54) is 42.6 Å². The van der Waals surface area contributed by atoms with Crippen LogP contribution in [0.1, 0.15) is 41.9 Å². The van der Waals surface area contributed by atoms with E-state index in [4.69, 9.17) is 0 Å². The molecule has 0 bridgehead atoms. The number of benzene rings is 1. The van der Waals surface area contributed by atoms with Crippen LogP contribution in [0.4, 0.5) is 26.7 Å². The number of nitrogens with one attached hydrogen (secondary N) is 1. The Morgan fingerprint density at radius 2 is 1.69 bits per heavy atom. The summed E-state index contributed by atoms with van der Waals surface area (Å²) in [5, 5.41) is 2.46. The zero-order chi connectivity index (χ0) is 25.9. The summed E-state index contributed by atoms with van der Waals surface area (Å²) in [6, 6.07) is 7.08. The van der Waals surface area contributed by atoms with Gasteiger partial charge in [0.1, 0.15) is 11.1 Å². The zero-order valence-electron chi connectivity index (χ0n) is 18.5. The Hall–Kier alpha value is -3.90. The summed E-state index contributed by atoms with van der Waals surface area (Å²) < 4.78 is 68.7. The average molecular weight is 507 g/mol. The van der Waals surface area contributed by atoms with E-state index >= 15 is 0 Å². The van der Waals surface area contributed by atoms with Crippen molar-refractivity contribution in [3.8, 4) is 5.69 Å². The van der Waals surface area contributed by atoms with Gasteiger partial charge in [0.2, 0.25) is 11.7 Å². The van der Waals surface area contributed by atoms with Crippen molar-refractivity contribution in [2.24, 2.45) is 0 Å². The third kappa shape index (κ3) is 3.97. The number of amides is 3. The molecule has 1 N–H and O–H groups in total. The Bertz CT molecular complexity index is 1370. The SMILES string of the molecule is O=C(CN1C(=O)NC2(CCC(F)(F)CC2)C1=O)c1ccc(-n2c(C(F)(F)F)nc3cccnc32)cc1. The van der Waals surface area contributed by atoms with Crippen LogP contribution in [0, 0.1) is 0 Å². The number of carbonyl (C=O) groups is 3. The molecule has 13 heteroatoms. The minimum absolute atomic E-state index is 0.0217. The van der Waals surface area contributed by atoms with Gasteiger partial charge in [0, 0.05) is 30.3 Å². The topological polar surface area (TPSA) is 97.2 Å². The maximum absolute atomic E-state index is 13.6. The van der Waals surface area contributed by atoms with E-state index < -0.39 is 60.6 Å². The van der Waals surface area contributed by atoms with Crippen LogP contribution in [0.15, 0.2) is 42.6 Å². The molecule has 1 aliphatic heterocycles. The van der Waals surface area contributed by atoms with E-state index in [2.05, 4.69) is 15.3 Å². The van der Waals surface area contributed by atoms with Gasteiger partial charge in [-0.2, -0.15) is 13.2 Å². The smallest absolute Gasteiger partial charge is 0.323 e. The van der Waals surface area contributed by atoms with Crippen molar-refractivity contribution < 1.29 is 36.3 Å². The third-order valence-electron chi connectivity index (χ3n) is 6.50. The Balaban J connectivity index is 1.37. The number of imide groups is 1. The largest absolute Gasteiger partial charge is 0.450 e. The minimum Gasteiger partial charge on any atom is -0.323 e. The van der Waals surface area contributed by atoms with Gasteiger partial charge in [-0.05, 0) is 49.2 Å². The third-order valence-corrected chi connectivity index (χ3v) is 6.50. The Kier molecular flexibility index (Phi) is 5.34. The first-order valence-corrected chi connectivity index (χ1v) is 11.0. The van der Waals surface area contributed by atoms with Gasteiger partial charge in [0.15, 0.2) is 11.4 Å². The maximum atomic E-state index is 13.6. The lowest BCUT2D eigenvalue weighted by atomic mass is 9.80. The molecule has 5 rings (SSSR count). The molecule has 188 valence electrons. The molecule has 1 spiro atoms. The van der Waals surface area contributed by atoms with Crippen molar-refractivity contribution in [1.29, 1.82) is 0 Å². The predicted octanol–water partition coefficient (Wildman–Crippen LogP) is 4.12. The molecule has 0 unspecified atom stereocenters. The molecular weight excluding hydrogens is 489 g/mol. The molecule has 2 fully saturated rings. The zero-order valence-corrected chi connectivity index (χ0v) is 18.5. The lowest BCUT2D eigenvalue weighted by molar-refractivity contribution is -0.145. The number of hydrogen-bond donors (Lipinski definition) is 1. The number of ketones is 1. The Morgan fingerprint density at radius 3 is 2.33 bits per heavy atom. The van der Waals surface area contributed by atoms with Crippen LogP contribution in [0.2, 0.25) is 0 Å². The molecule has 3 amide bonds. The van der Waals surface area contributed by atoms with Crippen LogP contribution >= 0.6 is 0 Å². The first kappa shape index (κ1) is 23.8. The second-order valence-corrected chi connectivity index (χ2v) is 8.84. The number of Topliss-reactive ketones (excluding diaryl/α,β-unsaturated/α-hetero) is 1. The normalized spacial score (nSPS) is 19.2. The van der Waals surface area contributed by atoms with Crippen molar-refractivity contribution in [2.45, 2.75) is 43.3 Å². The Labute approximate surface area is 200 Å². The highest BCUT2D eigenvalue weighted by molar-refractivity contribution is 6.11. The van der Waals surface area contributed by atoms with Gasteiger partial charge in [-0.25, -0.2) is 23.5 Å². The molecular formula is C23H18F5N5O3. The number of fused-ring (bicyclic) bond motifs is 1. The molecule has 1 saturated heterocycles. The van der Waals surface area contributed by atoms with E-state index in [-0.39, 0.29) is 35.3 Å². The molecule has 1 aromatic carbocycles. The van der Waals surface area contributed by atoms with Crippen molar-refractivity contribution in [2.75, 3.05) is 6.54 Å². The number of hydrogen-bond acceptors (Lipinski definition) is 5. The summed E-state index contributed by atoms with van der Waals surface area (Å²) >= 11 is 0. The standard InChI is InChI=1S/C23H18F5N5O3/c24-22(25)9-7-21(8-10-22)19(35)32(20(36)31-21)12-16(34)13-3-5-14(6-4-13)33-17-15(2-1-11-29-17)30-18(33)23(26,27)28/h1-6,11H,7-10,12H2,(H,31,36). The van der Waals surface area contributed by atoms with Crippen LogP contribution in [-0.4, -0.2) is 55.2 Å². The number of halogens is 5. The molecule has 1 aliphatic carbocycles. The van der Waals surface area contributed by atoms with Crippen LogP contribution in [0.5, 0.6) is 0 Å². The number of alkyl halides is 5. The summed E-state index contributed by atoms with van der Waals surface area (Å²) in [6.07, 6.45) is -5.02. The van der Waals surface area contributed by atoms with E-state index in [9.17, 15) is 36.3 Å². The van der Waals surface area contributed by atoms with Gasteiger partial charge in [0.25, 0.3) is 5.91 Å². The number of rotatable bonds is 4. The number of carbonyl (C=O) groups excluding carboxylic acids is 3. The van der Waals surface area contributed by atoms with Gasteiger partial charge in [-0.1, -0.05) is 0 Å². The average Bonchev–Trinajstić information content (AvgIpc) is 3.33. The minimum atomic E-state index is -4.77. The van der Waals surface area contributed by atoms with Crippen LogP contribution in [0.25, 0.3) is 16.9 Å². The quantitative estimate of drug-likeness (QED) is 0.326. The second kappa shape index (κ2) is 8.07. The van der Waals surface area contributed by atoms with Gasteiger partial charge in [-0.15, -0.1) is 0 Å². The van der Waals surface area contributed by atoms with E-state index in [0.29, 0.717) is 4.90 Å². The molecule has 0 radical (unpaired) electrons. The number of aromatic nitrogens is 3. The van der Waals surface area contributed by atoms with Crippen LogP contribution in [-0.2, 0) is 11.0 Å². The summed E-state index contributed by atoms with van der Waals surface area (Å²) in [5.41, 5.74) is -1.34. The molecule has 36 heavy (non-hydrogen) atoms.